The quantitative estimate of drug-likeness (QED) is 0.917. The van der Waals surface area contributed by atoms with Gasteiger partial charge in [0.25, 0.3) is 0 Å². The van der Waals surface area contributed by atoms with E-state index in [2.05, 4.69) is 6.92 Å². The monoisotopic (exact) mass is 274 g/mol. The van der Waals surface area contributed by atoms with Crippen LogP contribution in [0.1, 0.15) is 35.1 Å². The largest absolute Gasteiger partial charge is 0.490 e. The minimum Gasteiger partial charge on any atom is -0.490 e. The molecular formula is C16H18O2S. The van der Waals surface area contributed by atoms with Crippen molar-refractivity contribution in [3.05, 3.63) is 51.7 Å². The highest BCUT2D eigenvalue weighted by Crippen LogP contribution is 2.36. The maximum absolute atomic E-state index is 10.8. The van der Waals surface area contributed by atoms with Crippen LogP contribution < -0.4 is 4.74 Å². The summed E-state index contributed by atoms with van der Waals surface area (Å²) in [6, 6.07) is 11.8. The molecule has 0 amide bonds. The Balaban J connectivity index is 1.91. The number of hydrogen-bond acceptors (Lipinski definition) is 3. The molecule has 1 aromatic heterocycles. The van der Waals surface area contributed by atoms with Gasteiger partial charge in [-0.3, -0.25) is 0 Å². The second kappa shape index (κ2) is 4.66. The molecule has 1 N–H and O–H groups in total. The maximum atomic E-state index is 10.8. The van der Waals surface area contributed by atoms with Crippen LogP contribution in [0.4, 0.5) is 0 Å². The molecule has 1 fully saturated rings. The summed E-state index contributed by atoms with van der Waals surface area (Å²) in [5.74, 6) is 0.855. The third kappa shape index (κ3) is 2.67. The molecule has 1 atom stereocenters. The SMILES string of the molecule is Cc1ccc(C(C)(O)c2cccc(OC3CC3)c2)s1. The van der Waals surface area contributed by atoms with Gasteiger partial charge >= 0.3 is 0 Å². The lowest BCUT2D eigenvalue weighted by molar-refractivity contribution is 0.106. The minimum atomic E-state index is -0.957. The summed E-state index contributed by atoms with van der Waals surface area (Å²) in [7, 11) is 0. The molecule has 2 aromatic rings. The molecule has 0 bridgehead atoms. The standard InChI is InChI=1S/C16H18O2S/c1-11-6-9-15(19-11)16(2,17)12-4-3-5-14(10-12)18-13-7-8-13/h3-6,9-10,13,17H,7-8H2,1-2H3. The fourth-order valence-corrected chi connectivity index (χ4v) is 3.02. The number of rotatable bonds is 4. The van der Waals surface area contributed by atoms with E-state index in [1.165, 1.54) is 4.88 Å². The minimum absolute atomic E-state index is 0.379. The van der Waals surface area contributed by atoms with E-state index in [-0.39, 0.29) is 0 Å². The van der Waals surface area contributed by atoms with E-state index < -0.39 is 5.60 Å². The van der Waals surface area contributed by atoms with E-state index >= 15 is 0 Å². The molecule has 3 rings (SSSR count). The Kier molecular flexibility index (Phi) is 3.11. The summed E-state index contributed by atoms with van der Waals surface area (Å²) in [6.45, 7) is 3.89. The van der Waals surface area contributed by atoms with E-state index in [0.717, 1.165) is 29.0 Å². The van der Waals surface area contributed by atoms with Crippen molar-refractivity contribution >= 4 is 11.3 Å². The summed E-state index contributed by atoms with van der Waals surface area (Å²) in [5, 5.41) is 10.8. The Labute approximate surface area is 117 Å². The number of hydrogen-bond donors (Lipinski definition) is 1. The Morgan fingerprint density at radius 3 is 2.68 bits per heavy atom. The van der Waals surface area contributed by atoms with Crippen molar-refractivity contribution in [2.45, 2.75) is 38.4 Å². The zero-order valence-corrected chi connectivity index (χ0v) is 12.0. The lowest BCUT2D eigenvalue weighted by atomic mass is 9.94. The Morgan fingerprint density at radius 2 is 2.05 bits per heavy atom. The normalized spacial score (nSPS) is 18.1. The molecule has 0 saturated heterocycles. The smallest absolute Gasteiger partial charge is 0.121 e. The molecule has 19 heavy (non-hydrogen) atoms. The number of aryl methyl sites for hydroxylation is 1. The first-order valence-electron chi connectivity index (χ1n) is 6.62. The van der Waals surface area contributed by atoms with Gasteiger partial charge in [0.1, 0.15) is 11.4 Å². The summed E-state index contributed by atoms with van der Waals surface area (Å²) in [4.78, 5) is 2.18. The van der Waals surface area contributed by atoms with Gasteiger partial charge in [0.2, 0.25) is 0 Å². The van der Waals surface area contributed by atoms with Crippen molar-refractivity contribution in [2.24, 2.45) is 0 Å². The van der Waals surface area contributed by atoms with E-state index in [4.69, 9.17) is 4.74 Å². The van der Waals surface area contributed by atoms with Gasteiger partial charge in [-0.1, -0.05) is 12.1 Å². The van der Waals surface area contributed by atoms with Crippen LogP contribution in [-0.2, 0) is 5.60 Å². The van der Waals surface area contributed by atoms with Gasteiger partial charge < -0.3 is 9.84 Å². The van der Waals surface area contributed by atoms with Crippen molar-refractivity contribution in [3.63, 3.8) is 0 Å². The first-order chi connectivity index (χ1) is 9.05. The molecule has 1 saturated carbocycles. The highest BCUT2D eigenvalue weighted by molar-refractivity contribution is 7.12. The third-order valence-electron chi connectivity index (χ3n) is 3.44. The average molecular weight is 274 g/mol. The zero-order valence-electron chi connectivity index (χ0n) is 11.2. The molecule has 100 valence electrons. The molecule has 0 radical (unpaired) electrons. The van der Waals surface area contributed by atoms with Crippen LogP contribution >= 0.6 is 11.3 Å². The topological polar surface area (TPSA) is 29.5 Å². The maximum Gasteiger partial charge on any atom is 0.121 e. The third-order valence-corrected chi connectivity index (χ3v) is 4.65. The van der Waals surface area contributed by atoms with Gasteiger partial charge in [-0.2, -0.15) is 0 Å². The van der Waals surface area contributed by atoms with E-state index in [9.17, 15) is 5.11 Å². The Hall–Kier alpha value is -1.32. The molecule has 1 heterocycles. The van der Waals surface area contributed by atoms with Crippen LogP contribution in [-0.4, -0.2) is 11.2 Å². The van der Waals surface area contributed by atoms with Crippen molar-refractivity contribution in [3.8, 4) is 5.75 Å². The Bertz CT molecular complexity index is 582. The average Bonchev–Trinajstić information content (AvgIpc) is 3.08. The van der Waals surface area contributed by atoms with Gasteiger partial charge in [0.15, 0.2) is 0 Å². The number of thiophene rings is 1. The summed E-state index contributed by atoms with van der Waals surface area (Å²) < 4.78 is 5.79. The lowest BCUT2D eigenvalue weighted by Crippen LogP contribution is -2.21. The highest BCUT2D eigenvalue weighted by Gasteiger charge is 2.28. The molecular weight excluding hydrogens is 256 g/mol. The predicted molar refractivity (Wildman–Crippen MR) is 77.8 cm³/mol. The number of ether oxygens (including phenoxy) is 1. The van der Waals surface area contributed by atoms with E-state index in [0.29, 0.717) is 6.10 Å². The zero-order chi connectivity index (χ0) is 13.5. The molecule has 1 unspecified atom stereocenters. The predicted octanol–water partition coefficient (Wildman–Crippen LogP) is 3.85. The van der Waals surface area contributed by atoms with E-state index in [1.807, 2.05) is 43.3 Å². The second-order valence-corrected chi connectivity index (χ2v) is 6.62. The van der Waals surface area contributed by atoms with Crippen LogP contribution in [0.3, 0.4) is 0 Å². The number of benzene rings is 1. The first-order valence-corrected chi connectivity index (χ1v) is 7.44. The summed E-state index contributed by atoms with van der Waals surface area (Å²) in [6.07, 6.45) is 2.67. The van der Waals surface area contributed by atoms with Crippen molar-refractivity contribution in [1.29, 1.82) is 0 Å². The molecule has 0 aliphatic heterocycles. The van der Waals surface area contributed by atoms with Gasteiger partial charge in [0.05, 0.1) is 6.10 Å². The molecule has 2 nitrogen and oxygen atoms in total. The molecule has 0 spiro atoms. The fourth-order valence-electron chi connectivity index (χ4n) is 2.09. The van der Waals surface area contributed by atoms with Crippen LogP contribution in [0.15, 0.2) is 36.4 Å². The van der Waals surface area contributed by atoms with Gasteiger partial charge in [0, 0.05) is 9.75 Å². The van der Waals surface area contributed by atoms with Crippen LogP contribution in [0.2, 0.25) is 0 Å². The van der Waals surface area contributed by atoms with Crippen LogP contribution in [0, 0.1) is 6.92 Å². The van der Waals surface area contributed by atoms with Crippen molar-refractivity contribution in [1.82, 2.24) is 0 Å². The number of aliphatic hydroxyl groups is 1. The van der Waals surface area contributed by atoms with Gasteiger partial charge in [-0.25, -0.2) is 0 Å². The van der Waals surface area contributed by atoms with Gasteiger partial charge in [-0.05, 0) is 56.5 Å². The highest BCUT2D eigenvalue weighted by atomic mass is 32.1. The summed E-state index contributed by atoms with van der Waals surface area (Å²) >= 11 is 1.63. The van der Waals surface area contributed by atoms with Crippen molar-refractivity contribution in [2.75, 3.05) is 0 Å². The van der Waals surface area contributed by atoms with Crippen molar-refractivity contribution < 1.29 is 9.84 Å². The first kappa shape index (κ1) is 12.7. The second-order valence-electron chi connectivity index (χ2n) is 5.33. The van der Waals surface area contributed by atoms with E-state index in [1.54, 1.807) is 11.3 Å². The Morgan fingerprint density at radius 1 is 1.26 bits per heavy atom. The molecule has 1 aliphatic carbocycles. The molecule has 3 heteroatoms. The molecule has 1 aliphatic rings. The fraction of sp³-hybridized carbons (Fsp3) is 0.375. The van der Waals surface area contributed by atoms with Crippen LogP contribution in [0.5, 0.6) is 5.75 Å². The van der Waals surface area contributed by atoms with Crippen LogP contribution in [0.25, 0.3) is 0 Å². The van der Waals surface area contributed by atoms with Gasteiger partial charge in [-0.15, -0.1) is 11.3 Å². The summed E-state index contributed by atoms with van der Waals surface area (Å²) in [5.41, 5.74) is -0.0746. The molecule has 1 aromatic carbocycles. The lowest BCUT2D eigenvalue weighted by Gasteiger charge is -2.23.